The number of aromatic hydroxyl groups is 1. The number of methoxy groups -OCH3 is 1. The van der Waals surface area contributed by atoms with Crippen LogP contribution in [0.1, 0.15) is 44.4 Å². The zero-order valence-electron chi connectivity index (χ0n) is 17.2. The monoisotopic (exact) mass is 405 g/mol. The molecule has 152 valence electrons. The molecule has 7 heteroatoms. The predicted molar refractivity (Wildman–Crippen MR) is 112 cm³/mol. The highest BCUT2D eigenvalue weighted by Gasteiger charge is 2.34. The van der Waals surface area contributed by atoms with Gasteiger partial charge in [0.05, 0.1) is 24.6 Å². The first kappa shape index (κ1) is 22.2. The molecule has 0 unspecified atom stereocenters. The van der Waals surface area contributed by atoms with E-state index in [1.54, 1.807) is 71.3 Å². The number of hydrogen-bond acceptors (Lipinski definition) is 6. The molecule has 0 aliphatic carbocycles. The van der Waals surface area contributed by atoms with Crippen molar-refractivity contribution >= 4 is 19.0 Å². The lowest BCUT2D eigenvalue weighted by Gasteiger charge is -2.26. The minimum atomic E-state index is -3.70. The van der Waals surface area contributed by atoms with Gasteiger partial charge >= 0.3 is 7.60 Å². The number of pyridine rings is 1. The molecule has 0 radical (unpaired) electrons. The summed E-state index contributed by atoms with van der Waals surface area (Å²) in [6, 6.07) is 7.01. The maximum Gasteiger partial charge on any atom is 0.362 e. The maximum absolute atomic E-state index is 13.9. The van der Waals surface area contributed by atoms with Gasteiger partial charge in [-0.25, -0.2) is 0 Å². The van der Waals surface area contributed by atoms with Crippen molar-refractivity contribution in [2.24, 2.45) is 0 Å². The number of hydrogen-bond donors (Lipinski definition) is 1. The molecular formula is C21H28NO5P. The molecule has 0 saturated carbocycles. The van der Waals surface area contributed by atoms with E-state index in [4.69, 9.17) is 13.8 Å². The summed E-state index contributed by atoms with van der Waals surface area (Å²) in [6.45, 7) is 8.98. The highest BCUT2D eigenvalue weighted by atomic mass is 31.2. The first-order valence-electron chi connectivity index (χ1n) is 9.13. The molecule has 0 saturated heterocycles. The van der Waals surface area contributed by atoms with Crippen molar-refractivity contribution in [1.82, 2.24) is 4.98 Å². The smallest absolute Gasteiger partial charge is 0.362 e. The van der Waals surface area contributed by atoms with Crippen LogP contribution >= 0.6 is 7.60 Å². The van der Waals surface area contributed by atoms with Gasteiger partial charge in [0.15, 0.2) is 11.5 Å². The summed E-state index contributed by atoms with van der Waals surface area (Å²) in [5.74, 6) is 0.323. The second-order valence-electron chi connectivity index (χ2n) is 6.97. The zero-order valence-corrected chi connectivity index (χ0v) is 18.1. The molecule has 0 amide bonds. The number of benzene rings is 1. The van der Waals surface area contributed by atoms with E-state index in [1.165, 1.54) is 7.11 Å². The quantitative estimate of drug-likeness (QED) is 0.572. The molecule has 1 N–H and O–H groups in total. The summed E-state index contributed by atoms with van der Waals surface area (Å²) in [4.78, 5) is 4.12. The van der Waals surface area contributed by atoms with Gasteiger partial charge in [-0.15, -0.1) is 0 Å². The SMILES string of the molecule is COc1cc(C(=Cc2cccnc2)P(=O)(OC(C)C)OC(C)C)cc(C)c1O. The summed E-state index contributed by atoms with van der Waals surface area (Å²) in [6.07, 6.45) is 4.44. The average molecular weight is 405 g/mol. The van der Waals surface area contributed by atoms with Gasteiger partial charge in [-0.2, -0.15) is 0 Å². The number of nitrogens with zero attached hydrogens (tertiary/aromatic N) is 1. The summed E-state index contributed by atoms with van der Waals surface area (Å²) in [5.41, 5.74) is 1.93. The van der Waals surface area contributed by atoms with Crippen LogP contribution in [0.2, 0.25) is 0 Å². The van der Waals surface area contributed by atoms with Crippen molar-refractivity contribution in [3.05, 3.63) is 53.3 Å². The van der Waals surface area contributed by atoms with E-state index in [2.05, 4.69) is 4.98 Å². The maximum atomic E-state index is 13.9. The molecule has 28 heavy (non-hydrogen) atoms. The van der Waals surface area contributed by atoms with Crippen LogP contribution in [0.25, 0.3) is 11.4 Å². The van der Waals surface area contributed by atoms with Gasteiger partial charge in [-0.3, -0.25) is 9.55 Å². The first-order chi connectivity index (χ1) is 13.2. The summed E-state index contributed by atoms with van der Waals surface area (Å²) >= 11 is 0. The Balaban J connectivity index is 2.75. The van der Waals surface area contributed by atoms with Crippen LogP contribution in [0, 0.1) is 6.92 Å². The van der Waals surface area contributed by atoms with Gasteiger partial charge in [-0.05, 0) is 75.6 Å². The normalized spacial score (nSPS) is 12.6. The average Bonchev–Trinajstić information content (AvgIpc) is 2.61. The van der Waals surface area contributed by atoms with Crippen molar-refractivity contribution in [1.29, 1.82) is 0 Å². The molecule has 0 spiro atoms. The Hall–Kier alpha value is -2.14. The fourth-order valence-corrected chi connectivity index (χ4v) is 4.82. The Morgan fingerprint density at radius 2 is 1.82 bits per heavy atom. The standard InChI is InChI=1S/C21H28NO5P/c1-14(2)26-28(24,27-15(3)4)20(11-17-8-7-9-22-13-17)18-10-16(5)21(23)19(12-18)25-6/h7-15,23H,1-6H3. The second-order valence-corrected chi connectivity index (χ2v) is 8.86. The molecule has 1 heterocycles. The number of phenols is 1. The molecule has 6 nitrogen and oxygen atoms in total. The van der Waals surface area contributed by atoms with Gasteiger partial charge in [-0.1, -0.05) is 6.07 Å². The molecule has 2 aromatic rings. The number of phenolic OH excluding ortho intramolecular Hbond substituents is 1. The van der Waals surface area contributed by atoms with Crippen LogP contribution < -0.4 is 4.74 Å². The minimum absolute atomic E-state index is 0.0383. The summed E-state index contributed by atoms with van der Waals surface area (Å²) in [7, 11) is -2.23. The van der Waals surface area contributed by atoms with Crippen molar-refractivity contribution < 1.29 is 23.5 Å². The van der Waals surface area contributed by atoms with Crippen LogP contribution in [0.4, 0.5) is 0 Å². The lowest BCUT2D eigenvalue weighted by atomic mass is 10.1. The van der Waals surface area contributed by atoms with E-state index < -0.39 is 7.60 Å². The van der Waals surface area contributed by atoms with Crippen LogP contribution in [0.5, 0.6) is 11.5 Å². The third-order valence-corrected chi connectivity index (χ3v) is 6.14. The molecule has 0 aliphatic rings. The molecule has 0 fully saturated rings. The number of ether oxygens (including phenoxy) is 1. The van der Waals surface area contributed by atoms with Gasteiger partial charge in [0.25, 0.3) is 0 Å². The Bertz CT molecular complexity index is 864. The van der Waals surface area contributed by atoms with Crippen LogP contribution in [-0.2, 0) is 13.6 Å². The molecule has 1 aromatic carbocycles. The lowest BCUT2D eigenvalue weighted by molar-refractivity contribution is 0.151. The van der Waals surface area contributed by atoms with E-state index >= 15 is 0 Å². The Kier molecular flexibility index (Phi) is 7.41. The van der Waals surface area contributed by atoms with Gasteiger partial charge < -0.3 is 18.9 Å². The molecule has 2 rings (SSSR count). The topological polar surface area (TPSA) is 77.9 Å². The third-order valence-electron chi connectivity index (χ3n) is 3.76. The molecule has 0 bridgehead atoms. The predicted octanol–water partition coefficient (Wildman–Crippen LogP) is 5.65. The Labute approximate surface area is 166 Å². The Morgan fingerprint density at radius 1 is 1.18 bits per heavy atom. The molecule has 1 aromatic heterocycles. The highest BCUT2D eigenvalue weighted by Crippen LogP contribution is 2.63. The van der Waals surface area contributed by atoms with Crippen molar-refractivity contribution in [2.45, 2.75) is 46.8 Å². The van der Waals surface area contributed by atoms with Gasteiger partial charge in [0.2, 0.25) is 0 Å². The van der Waals surface area contributed by atoms with E-state index in [0.29, 0.717) is 16.4 Å². The van der Waals surface area contributed by atoms with E-state index in [1.807, 2.05) is 6.07 Å². The van der Waals surface area contributed by atoms with Gasteiger partial charge in [0.1, 0.15) is 0 Å². The van der Waals surface area contributed by atoms with E-state index in [9.17, 15) is 9.67 Å². The third kappa shape index (κ3) is 5.44. The second kappa shape index (κ2) is 9.37. The zero-order chi connectivity index (χ0) is 20.9. The number of rotatable bonds is 8. The number of aromatic nitrogens is 1. The highest BCUT2D eigenvalue weighted by molar-refractivity contribution is 7.65. The molecule has 0 aliphatic heterocycles. The minimum Gasteiger partial charge on any atom is -0.504 e. The molecular weight excluding hydrogens is 377 g/mol. The van der Waals surface area contributed by atoms with Crippen LogP contribution in [0.3, 0.4) is 0 Å². The number of aryl methyl sites for hydroxylation is 1. The largest absolute Gasteiger partial charge is 0.504 e. The molecule has 0 atom stereocenters. The van der Waals surface area contributed by atoms with E-state index in [-0.39, 0.29) is 23.7 Å². The van der Waals surface area contributed by atoms with Crippen molar-refractivity contribution in [2.75, 3.05) is 7.11 Å². The summed E-state index contributed by atoms with van der Waals surface area (Å²) < 4.78 is 30.8. The van der Waals surface area contributed by atoms with Crippen molar-refractivity contribution in [3.8, 4) is 11.5 Å². The fourth-order valence-electron chi connectivity index (χ4n) is 2.68. The van der Waals surface area contributed by atoms with Crippen LogP contribution in [-0.4, -0.2) is 29.4 Å². The van der Waals surface area contributed by atoms with E-state index in [0.717, 1.165) is 5.56 Å². The first-order valence-corrected chi connectivity index (χ1v) is 10.7. The van der Waals surface area contributed by atoms with Crippen molar-refractivity contribution in [3.63, 3.8) is 0 Å². The van der Waals surface area contributed by atoms with Crippen LogP contribution in [0.15, 0.2) is 36.7 Å². The lowest BCUT2D eigenvalue weighted by Crippen LogP contribution is -2.09. The van der Waals surface area contributed by atoms with Gasteiger partial charge in [0, 0.05) is 12.4 Å². The Morgan fingerprint density at radius 3 is 2.32 bits per heavy atom. The fraction of sp³-hybridized carbons (Fsp3) is 0.381. The summed E-state index contributed by atoms with van der Waals surface area (Å²) in [5, 5.41) is 10.6.